The van der Waals surface area contributed by atoms with Gasteiger partial charge in [-0.2, -0.15) is 0 Å². The van der Waals surface area contributed by atoms with Gasteiger partial charge in [0.15, 0.2) is 0 Å². The first kappa shape index (κ1) is 9.41. The molecule has 15 heavy (non-hydrogen) atoms. The highest BCUT2D eigenvalue weighted by molar-refractivity contribution is 5.15. The fraction of sp³-hybridized carbons (Fsp3) is 0.571. The fourth-order valence-corrected chi connectivity index (χ4v) is 3.28. The van der Waals surface area contributed by atoms with Gasteiger partial charge in [-0.3, -0.25) is 4.90 Å². The van der Waals surface area contributed by atoms with Crippen LogP contribution in [0.2, 0.25) is 0 Å². The average molecular weight is 201 g/mol. The molecule has 2 fully saturated rings. The summed E-state index contributed by atoms with van der Waals surface area (Å²) in [6, 6.07) is 12.7. The second-order valence-electron chi connectivity index (χ2n) is 4.97. The molecule has 80 valence electrons. The zero-order chi connectivity index (χ0) is 10.1. The number of hydrogen-bond donors (Lipinski definition) is 0. The van der Waals surface area contributed by atoms with Gasteiger partial charge in [-0.05, 0) is 31.2 Å². The number of nitrogens with zero attached hydrogens (tertiary/aromatic N) is 1. The monoisotopic (exact) mass is 201 g/mol. The number of rotatable bonds is 2. The van der Waals surface area contributed by atoms with Crippen molar-refractivity contribution in [3.63, 3.8) is 0 Å². The molecule has 1 aromatic rings. The van der Waals surface area contributed by atoms with Gasteiger partial charge in [0.2, 0.25) is 0 Å². The molecule has 0 spiro atoms. The van der Waals surface area contributed by atoms with Crippen molar-refractivity contribution in [3.05, 3.63) is 35.9 Å². The quantitative estimate of drug-likeness (QED) is 0.710. The van der Waals surface area contributed by atoms with E-state index in [4.69, 9.17) is 0 Å². The Morgan fingerprint density at radius 1 is 0.933 bits per heavy atom. The summed E-state index contributed by atoms with van der Waals surface area (Å²) in [5.41, 5.74) is 1.48. The molecule has 0 radical (unpaired) electrons. The molecule has 1 nitrogen and oxygen atoms in total. The van der Waals surface area contributed by atoms with Crippen LogP contribution in [0.25, 0.3) is 0 Å². The summed E-state index contributed by atoms with van der Waals surface area (Å²) in [6.45, 7) is 1.18. The van der Waals surface area contributed by atoms with Crippen molar-refractivity contribution in [1.82, 2.24) is 4.90 Å². The molecule has 2 unspecified atom stereocenters. The zero-order valence-corrected chi connectivity index (χ0v) is 9.23. The first-order chi connectivity index (χ1) is 7.43. The van der Waals surface area contributed by atoms with Crippen molar-refractivity contribution in [1.29, 1.82) is 0 Å². The van der Waals surface area contributed by atoms with Crippen molar-refractivity contribution >= 4 is 0 Å². The molecular weight excluding hydrogens is 182 g/mol. The third-order valence-electron chi connectivity index (χ3n) is 4.05. The van der Waals surface area contributed by atoms with Gasteiger partial charge < -0.3 is 0 Å². The van der Waals surface area contributed by atoms with Crippen molar-refractivity contribution in [3.8, 4) is 0 Å². The molecule has 2 atom stereocenters. The van der Waals surface area contributed by atoms with Gasteiger partial charge in [0.1, 0.15) is 0 Å². The van der Waals surface area contributed by atoms with Crippen molar-refractivity contribution in [2.45, 2.75) is 50.7 Å². The Morgan fingerprint density at radius 3 is 2.27 bits per heavy atom. The molecular formula is C14H19N. The Bertz CT molecular complexity index is 303. The van der Waals surface area contributed by atoms with Gasteiger partial charge in [0.25, 0.3) is 0 Å². The molecule has 0 aromatic heterocycles. The SMILES string of the molecule is c1ccc(CN2C3CCCC2CC3)cc1. The van der Waals surface area contributed by atoms with E-state index in [2.05, 4.69) is 35.2 Å². The summed E-state index contributed by atoms with van der Waals surface area (Å²) >= 11 is 0. The lowest BCUT2D eigenvalue weighted by Crippen LogP contribution is -2.38. The molecule has 2 aliphatic heterocycles. The number of hydrogen-bond acceptors (Lipinski definition) is 1. The minimum absolute atomic E-state index is 0.893. The smallest absolute Gasteiger partial charge is 0.0239 e. The van der Waals surface area contributed by atoms with Crippen LogP contribution in [0.15, 0.2) is 30.3 Å². The van der Waals surface area contributed by atoms with Gasteiger partial charge in [-0.25, -0.2) is 0 Å². The maximum absolute atomic E-state index is 2.75. The van der Waals surface area contributed by atoms with E-state index in [0.717, 1.165) is 12.1 Å². The van der Waals surface area contributed by atoms with Crippen LogP contribution in [0, 0.1) is 0 Å². The Labute approximate surface area is 92.1 Å². The van der Waals surface area contributed by atoms with Crippen LogP contribution in [-0.4, -0.2) is 17.0 Å². The third-order valence-corrected chi connectivity index (χ3v) is 4.05. The Morgan fingerprint density at radius 2 is 1.60 bits per heavy atom. The zero-order valence-electron chi connectivity index (χ0n) is 9.23. The predicted octanol–water partition coefficient (Wildman–Crippen LogP) is 3.20. The lowest BCUT2D eigenvalue weighted by Gasteiger charge is -2.34. The topological polar surface area (TPSA) is 3.24 Å². The molecule has 0 N–H and O–H groups in total. The summed E-state index contributed by atoms with van der Waals surface area (Å²) < 4.78 is 0. The molecule has 0 amide bonds. The lowest BCUT2D eigenvalue weighted by molar-refractivity contribution is 0.132. The van der Waals surface area contributed by atoms with Gasteiger partial charge >= 0.3 is 0 Å². The Kier molecular flexibility index (Phi) is 2.49. The number of fused-ring (bicyclic) bond motifs is 2. The summed E-state index contributed by atoms with van der Waals surface area (Å²) in [5, 5.41) is 0. The molecule has 0 saturated carbocycles. The number of benzene rings is 1. The average Bonchev–Trinajstić information content (AvgIpc) is 2.53. The minimum Gasteiger partial charge on any atom is -0.293 e. The summed E-state index contributed by atoms with van der Waals surface area (Å²) in [6.07, 6.45) is 7.21. The van der Waals surface area contributed by atoms with E-state index in [1.807, 2.05) is 0 Å². The molecule has 1 aromatic carbocycles. The van der Waals surface area contributed by atoms with Crippen molar-refractivity contribution in [2.75, 3.05) is 0 Å². The van der Waals surface area contributed by atoms with Gasteiger partial charge in [-0.15, -0.1) is 0 Å². The summed E-state index contributed by atoms with van der Waals surface area (Å²) in [4.78, 5) is 2.75. The van der Waals surface area contributed by atoms with Crippen molar-refractivity contribution < 1.29 is 0 Å². The van der Waals surface area contributed by atoms with Gasteiger partial charge in [-0.1, -0.05) is 36.8 Å². The molecule has 2 bridgehead atoms. The van der Waals surface area contributed by atoms with E-state index >= 15 is 0 Å². The number of piperidine rings is 1. The van der Waals surface area contributed by atoms with E-state index in [1.54, 1.807) is 0 Å². The van der Waals surface area contributed by atoms with Crippen LogP contribution in [0.4, 0.5) is 0 Å². The van der Waals surface area contributed by atoms with Gasteiger partial charge in [0, 0.05) is 18.6 Å². The summed E-state index contributed by atoms with van der Waals surface area (Å²) in [5.74, 6) is 0. The van der Waals surface area contributed by atoms with E-state index in [-0.39, 0.29) is 0 Å². The van der Waals surface area contributed by atoms with E-state index in [9.17, 15) is 0 Å². The van der Waals surface area contributed by atoms with Crippen LogP contribution >= 0.6 is 0 Å². The van der Waals surface area contributed by atoms with Crippen LogP contribution in [-0.2, 0) is 6.54 Å². The van der Waals surface area contributed by atoms with Crippen LogP contribution in [0.5, 0.6) is 0 Å². The highest BCUT2D eigenvalue weighted by Crippen LogP contribution is 2.36. The largest absolute Gasteiger partial charge is 0.293 e. The standard InChI is InChI=1S/C14H19N/c1-2-5-12(6-3-1)11-15-13-7-4-8-14(15)10-9-13/h1-3,5-6,13-14H,4,7-11H2. The molecule has 2 aliphatic rings. The van der Waals surface area contributed by atoms with E-state index in [1.165, 1.54) is 44.2 Å². The molecule has 0 aliphatic carbocycles. The lowest BCUT2D eigenvalue weighted by atomic mass is 10.0. The molecule has 2 heterocycles. The fourth-order valence-electron chi connectivity index (χ4n) is 3.28. The Hall–Kier alpha value is -0.820. The third kappa shape index (κ3) is 1.81. The summed E-state index contributed by atoms with van der Waals surface area (Å²) in [7, 11) is 0. The highest BCUT2D eigenvalue weighted by Gasteiger charge is 2.35. The van der Waals surface area contributed by atoms with Crippen LogP contribution in [0.3, 0.4) is 0 Å². The molecule has 2 saturated heterocycles. The Balaban J connectivity index is 1.73. The normalized spacial score (nSPS) is 30.7. The van der Waals surface area contributed by atoms with E-state index < -0.39 is 0 Å². The maximum atomic E-state index is 2.75. The minimum atomic E-state index is 0.893. The second-order valence-corrected chi connectivity index (χ2v) is 4.97. The van der Waals surface area contributed by atoms with Crippen molar-refractivity contribution in [2.24, 2.45) is 0 Å². The maximum Gasteiger partial charge on any atom is 0.0239 e. The molecule has 1 heteroatoms. The van der Waals surface area contributed by atoms with Crippen LogP contribution in [0.1, 0.15) is 37.7 Å². The van der Waals surface area contributed by atoms with Gasteiger partial charge in [0.05, 0.1) is 0 Å². The molecule has 3 rings (SSSR count). The first-order valence-corrected chi connectivity index (χ1v) is 6.23. The first-order valence-electron chi connectivity index (χ1n) is 6.23. The van der Waals surface area contributed by atoms with E-state index in [0.29, 0.717) is 0 Å². The highest BCUT2D eigenvalue weighted by atomic mass is 15.2. The second kappa shape index (κ2) is 3.97. The van der Waals surface area contributed by atoms with Crippen LogP contribution < -0.4 is 0 Å². The predicted molar refractivity (Wildman–Crippen MR) is 62.6 cm³/mol.